The summed E-state index contributed by atoms with van der Waals surface area (Å²) < 4.78 is 2.16. The predicted molar refractivity (Wildman–Crippen MR) is 133 cm³/mol. The summed E-state index contributed by atoms with van der Waals surface area (Å²) in [7, 11) is 0. The van der Waals surface area contributed by atoms with Crippen LogP contribution in [0.15, 0.2) is 17.1 Å². The van der Waals surface area contributed by atoms with Crippen LogP contribution in [0.5, 0.6) is 0 Å². The summed E-state index contributed by atoms with van der Waals surface area (Å²) >= 11 is 6.08. The van der Waals surface area contributed by atoms with E-state index in [-0.39, 0.29) is 17.8 Å². The monoisotopic (exact) mass is 456 g/mol. The minimum absolute atomic E-state index is 0.0562. The van der Waals surface area contributed by atoms with Crippen LogP contribution in [0.25, 0.3) is 11.5 Å². The van der Waals surface area contributed by atoms with Crippen molar-refractivity contribution in [2.24, 2.45) is 4.99 Å². The molecule has 2 N–H and O–H groups in total. The van der Waals surface area contributed by atoms with E-state index >= 15 is 0 Å². The van der Waals surface area contributed by atoms with Crippen LogP contribution < -0.4 is 21.3 Å². The standard InChI is InChI=1S/C26H37ClN4O/c1-8-10-20(11-9-2)30-25-23-22(21(32)14-27)18(6)31(26(23)29-19(7)28-25)24-16(4)12-15(3)13-17(24)5/h12-13,19-20,28,30H,8-11,14H2,1-7H3. The van der Waals surface area contributed by atoms with Gasteiger partial charge in [0.2, 0.25) is 0 Å². The minimum atomic E-state index is -0.105. The fraction of sp³-hybridized carbons (Fsp3) is 0.538. The van der Waals surface area contributed by atoms with Crippen molar-refractivity contribution < 1.29 is 4.79 Å². The van der Waals surface area contributed by atoms with Gasteiger partial charge in [0.15, 0.2) is 5.78 Å². The number of carbonyl (C=O) groups excluding carboxylic acids is 1. The molecule has 0 saturated carbocycles. The minimum Gasteiger partial charge on any atom is -0.368 e. The smallest absolute Gasteiger partial charge is 0.180 e. The number of fused-ring (bicyclic) bond motifs is 1. The van der Waals surface area contributed by atoms with Crippen molar-refractivity contribution in [2.75, 3.05) is 5.88 Å². The molecular weight excluding hydrogens is 420 g/mol. The van der Waals surface area contributed by atoms with Gasteiger partial charge < -0.3 is 10.6 Å². The molecule has 1 aliphatic rings. The predicted octanol–water partition coefficient (Wildman–Crippen LogP) is 4.33. The van der Waals surface area contributed by atoms with Crippen molar-refractivity contribution >= 4 is 23.2 Å². The highest BCUT2D eigenvalue weighted by Gasteiger charge is 2.26. The average Bonchev–Trinajstić information content (AvgIpc) is 2.99. The second-order valence-corrected chi connectivity index (χ2v) is 9.31. The SMILES string of the molecule is CCCC(CCC)NC1=c2c(C(=O)CCl)c(C)n(-c3c(C)cc(C)cc3C)c2=NC(C)N1. The van der Waals surface area contributed by atoms with Crippen molar-refractivity contribution in [1.82, 2.24) is 15.2 Å². The number of halogens is 1. The van der Waals surface area contributed by atoms with E-state index in [0.29, 0.717) is 11.6 Å². The maximum atomic E-state index is 13.1. The van der Waals surface area contributed by atoms with Crippen LogP contribution in [0, 0.1) is 27.7 Å². The van der Waals surface area contributed by atoms with Crippen LogP contribution in [0.1, 0.15) is 79.2 Å². The molecule has 6 heteroatoms. The summed E-state index contributed by atoms with van der Waals surface area (Å²) in [6.45, 7) is 14.8. The number of carbonyl (C=O) groups is 1. The molecule has 0 amide bonds. The number of benzene rings is 1. The number of nitrogens with one attached hydrogen (secondary N) is 2. The molecule has 1 aliphatic heterocycles. The van der Waals surface area contributed by atoms with Gasteiger partial charge in [-0.15, -0.1) is 11.6 Å². The summed E-state index contributed by atoms with van der Waals surface area (Å²) in [4.78, 5) is 18.1. The molecule has 3 rings (SSSR count). The van der Waals surface area contributed by atoms with E-state index < -0.39 is 0 Å². The van der Waals surface area contributed by atoms with Gasteiger partial charge in [-0.05, 0) is 58.6 Å². The Kier molecular flexibility index (Phi) is 7.71. The quantitative estimate of drug-likeness (QED) is 0.436. The lowest BCUT2D eigenvalue weighted by molar-refractivity contribution is 0.101. The molecule has 1 aromatic carbocycles. The Balaban J connectivity index is 2.39. The Morgan fingerprint density at radius 3 is 2.28 bits per heavy atom. The van der Waals surface area contributed by atoms with E-state index in [1.807, 2.05) is 13.8 Å². The first-order valence-corrected chi connectivity index (χ1v) is 12.3. The topological polar surface area (TPSA) is 58.4 Å². The highest BCUT2D eigenvalue weighted by molar-refractivity contribution is 6.30. The Morgan fingerprint density at radius 2 is 1.75 bits per heavy atom. The van der Waals surface area contributed by atoms with Crippen molar-refractivity contribution in [2.45, 2.75) is 86.4 Å². The van der Waals surface area contributed by atoms with E-state index in [2.05, 4.69) is 62.0 Å². The molecule has 1 atom stereocenters. The van der Waals surface area contributed by atoms with Crippen LogP contribution in [0.2, 0.25) is 0 Å². The van der Waals surface area contributed by atoms with Crippen LogP contribution in [0.4, 0.5) is 0 Å². The Bertz CT molecular complexity index is 1100. The summed E-state index contributed by atoms with van der Waals surface area (Å²) in [6, 6.07) is 4.71. The highest BCUT2D eigenvalue weighted by Crippen LogP contribution is 2.23. The maximum absolute atomic E-state index is 13.1. The van der Waals surface area contributed by atoms with Gasteiger partial charge >= 0.3 is 0 Å². The van der Waals surface area contributed by atoms with Crippen molar-refractivity contribution in [1.29, 1.82) is 0 Å². The van der Waals surface area contributed by atoms with E-state index in [4.69, 9.17) is 16.6 Å². The maximum Gasteiger partial charge on any atom is 0.180 e. The zero-order chi connectivity index (χ0) is 23.6. The first kappa shape index (κ1) is 24.4. The lowest BCUT2D eigenvalue weighted by Gasteiger charge is -2.25. The molecule has 0 spiro atoms. The summed E-state index contributed by atoms with van der Waals surface area (Å²) in [5, 5.41) is 8.08. The molecule has 174 valence electrons. The van der Waals surface area contributed by atoms with E-state index in [0.717, 1.165) is 53.6 Å². The van der Waals surface area contributed by atoms with Crippen molar-refractivity contribution in [3.63, 3.8) is 0 Å². The van der Waals surface area contributed by atoms with Crippen LogP contribution in [-0.4, -0.2) is 28.4 Å². The van der Waals surface area contributed by atoms with Gasteiger partial charge in [-0.3, -0.25) is 9.36 Å². The molecule has 1 unspecified atom stereocenters. The van der Waals surface area contributed by atoms with Crippen LogP contribution in [0.3, 0.4) is 0 Å². The highest BCUT2D eigenvalue weighted by atomic mass is 35.5. The number of ketones is 1. The molecule has 32 heavy (non-hydrogen) atoms. The van der Waals surface area contributed by atoms with Gasteiger partial charge in [0.25, 0.3) is 0 Å². The van der Waals surface area contributed by atoms with Gasteiger partial charge in [-0.1, -0.05) is 44.4 Å². The molecular formula is C26H37ClN4O. The molecule has 0 radical (unpaired) electrons. The molecule has 0 aliphatic carbocycles. The first-order valence-electron chi connectivity index (χ1n) is 11.8. The van der Waals surface area contributed by atoms with E-state index in [9.17, 15) is 4.79 Å². The third-order valence-corrected chi connectivity index (χ3v) is 6.43. The molecule has 0 bridgehead atoms. The lowest BCUT2D eigenvalue weighted by atomic mass is 10.0. The van der Waals surface area contributed by atoms with Gasteiger partial charge in [-0.25, -0.2) is 4.99 Å². The third-order valence-electron chi connectivity index (χ3n) is 6.18. The number of rotatable bonds is 9. The number of hydrogen-bond acceptors (Lipinski definition) is 4. The van der Waals surface area contributed by atoms with Gasteiger partial charge in [-0.2, -0.15) is 0 Å². The second kappa shape index (κ2) is 10.1. The fourth-order valence-electron chi connectivity index (χ4n) is 5.04. The number of aryl methyl sites for hydroxylation is 3. The summed E-state index contributed by atoms with van der Waals surface area (Å²) in [5.74, 6) is 0.765. The molecule has 2 heterocycles. The summed E-state index contributed by atoms with van der Waals surface area (Å²) in [5.41, 5.74) is 7.02. The lowest BCUT2D eigenvalue weighted by Crippen LogP contribution is -2.50. The van der Waals surface area contributed by atoms with Crippen LogP contribution in [-0.2, 0) is 0 Å². The molecule has 1 aromatic heterocycles. The first-order chi connectivity index (χ1) is 15.2. The van der Waals surface area contributed by atoms with Crippen molar-refractivity contribution in [3.05, 3.63) is 50.8 Å². The Hall–Kier alpha value is -2.27. The molecule has 0 fully saturated rings. The second-order valence-electron chi connectivity index (χ2n) is 9.04. The summed E-state index contributed by atoms with van der Waals surface area (Å²) in [6.07, 6.45) is 4.26. The van der Waals surface area contributed by atoms with Crippen LogP contribution >= 0.6 is 11.6 Å². The average molecular weight is 457 g/mol. The fourth-order valence-corrected chi connectivity index (χ4v) is 5.17. The van der Waals surface area contributed by atoms with E-state index in [1.165, 1.54) is 16.7 Å². The third kappa shape index (κ3) is 4.59. The van der Waals surface area contributed by atoms with Gasteiger partial charge in [0.1, 0.15) is 17.5 Å². The largest absolute Gasteiger partial charge is 0.368 e. The van der Waals surface area contributed by atoms with Gasteiger partial charge in [0.05, 0.1) is 22.3 Å². The van der Waals surface area contributed by atoms with E-state index in [1.54, 1.807) is 0 Å². The number of hydrogen-bond donors (Lipinski definition) is 2. The molecule has 5 nitrogen and oxygen atoms in total. The number of nitrogens with zero attached hydrogens (tertiary/aromatic N) is 2. The van der Waals surface area contributed by atoms with Crippen molar-refractivity contribution in [3.8, 4) is 5.69 Å². The number of alkyl halides is 1. The Morgan fingerprint density at radius 1 is 1.16 bits per heavy atom. The normalized spacial score (nSPS) is 15.4. The Labute approximate surface area is 197 Å². The van der Waals surface area contributed by atoms with Gasteiger partial charge in [0, 0.05) is 11.7 Å². The number of Topliss-reactive ketones (excluding diaryl/α,β-unsaturated/α-hetero) is 1. The zero-order valence-electron chi connectivity index (χ0n) is 20.5. The zero-order valence-corrected chi connectivity index (χ0v) is 21.3. The number of aromatic nitrogens is 1. The molecule has 0 saturated heterocycles. The molecule has 2 aromatic rings.